The van der Waals surface area contributed by atoms with Crippen LogP contribution in [-0.2, 0) is 6.42 Å². The van der Waals surface area contributed by atoms with Crippen LogP contribution in [0.1, 0.15) is 11.1 Å². The Morgan fingerprint density at radius 2 is 1.96 bits per heavy atom. The summed E-state index contributed by atoms with van der Waals surface area (Å²) in [7, 11) is 3.20. The standard InChI is InChI=1S/C17H19N5O2S/c1-23-12-8-9(10-5-4-6-20-13(10)14(12)24-2)7-11-15(18)21-17(19)22-16(11)25-3/h4-6,8H,7H2,1-3H3,(H4,18,19,21,22). The number of pyridine rings is 1. The van der Waals surface area contributed by atoms with Crippen LogP contribution in [0.25, 0.3) is 10.9 Å². The molecule has 0 amide bonds. The zero-order valence-electron chi connectivity index (χ0n) is 14.2. The first kappa shape index (κ1) is 17.1. The Bertz CT molecular complexity index is 933. The molecule has 130 valence electrons. The van der Waals surface area contributed by atoms with E-state index in [1.807, 2.05) is 24.5 Å². The summed E-state index contributed by atoms with van der Waals surface area (Å²) in [6.07, 6.45) is 4.19. The van der Waals surface area contributed by atoms with Crippen LogP contribution >= 0.6 is 11.8 Å². The molecular formula is C17H19N5O2S. The van der Waals surface area contributed by atoms with Crippen molar-refractivity contribution in [1.29, 1.82) is 0 Å². The van der Waals surface area contributed by atoms with E-state index in [0.29, 0.717) is 23.7 Å². The zero-order valence-corrected chi connectivity index (χ0v) is 15.1. The molecule has 2 heterocycles. The van der Waals surface area contributed by atoms with E-state index < -0.39 is 0 Å². The van der Waals surface area contributed by atoms with Crippen molar-refractivity contribution in [3.05, 3.63) is 35.5 Å². The molecule has 4 N–H and O–H groups in total. The molecule has 0 atom stereocenters. The van der Waals surface area contributed by atoms with E-state index in [1.165, 1.54) is 11.8 Å². The molecule has 0 spiro atoms. The Labute approximate surface area is 149 Å². The number of thioether (sulfide) groups is 1. The molecular weight excluding hydrogens is 338 g/mol. The molecule has 7 nitrogen and oxygen atoms in total. The van der Waals surface area contributed by atoms with E-state index in [9.17, 15) is 0 Å². The van der Waals surface area contributed by atoms with Crippen LogP contribution in [0.15, 0.2) is 29.4 Å². The molecule has 3 rings (SSSR count). The zero-order chi connectivity index (χ0) is 18.0. The molecule has 0 saturated heterocycles. The number of hydrogen-bond donors (Lipinski definition) is 2. The molecule has 2 aromatic heterocycles. The van der Waals surface area contributed by atoms with Crippen molar-refractivity contribution >= 4 is 34.4 Å². The van der Waals surface area contributed by atoms with Crippen molar-refractivity contribution in [2.75, 3.05) is 31.9 Å². The number of anilines is 2. The number of nitrogen functional groups attached to an aromatic ring is 2. The van der Waals surface area contributed by atoms with Crippen LogP contribution in [0.3, 0.4) is 0 Å². The molecule has 0 radical (unpaired) electrons. The Morgan fingerprint density at radius 1 is 1.16 bits per heavy atom. The molecule has 0 aliphatic rings. The molecule has 25 heavy (non-hydrogen) atoms. The Balaban J connectivity index is 2.21. The minimum Gasteiger partial charge on any atom is -0.493 e. The second kappa shape index (κ2) is 7.02. The smallest absolute Gasteiger partial charge is 0.223 e. The van der Waals surface area contributed by atoms with Gasteiger partial charge in [-0.25, -0.2) is 4.98 Å². The number of rotatable bonds is 5. The normalized spacial score (nSPS) is 10.8. The lowest BCUT2D eigenvalue weighted by molar-refractivity contribution is 0.357. The molecule has 0 aliphatic carbocycles. The van der Waals surface area contributed by atoms with Gasteiger partial charge in [-0.1, -0.05) is 6.07 Å². The van der Waals surface area contributed by atoms with E-state index in [1.54, 1.807) is 20.4 Å². The molecule has 3 aromatic rings. The first-order valence-corrected chi connectivity index (χ1v) is 8.76. The molecule has 0 bridgehead atoms. The van der Waals surface area contributed by atoms with E-state index in [4.69, 9.17) is 20.9 Å². The van der Waals surface area contributed by atoms with E-state index >= 15 is 0 Å². The lowest BCUT2D eigenvalue weighted by Gasteiger charge is -2.15. The fourth-order valence-corrected chi connectivity index (χ4v) is 3.39. The SMILES string of the molecule is COc1cc(Cc2c(N)nc(N)nc2SC)c2cccnc2c1OC. The second-order valence-corrected chi connectivity index (χ2v) is 6.10. The fraction of sp³-hybridized carbons (Fsp3) is 0.235. The first-order valence-electron chi connectivity index (χ1n) is 7.53. The number of nitrogens with zero attached hydrogens (tertiary/aromatic N) is 3. The third-order valence-electron chi connectivity index (χ3n) is 3.90. The Kier molecular flexibility index (Phi) is 4.80. The third kappa shape index (κ3) is 3.12. The predicted octanol–water partition coefficient (Wildman–Crippen LogP) is 2.52. The average Bonchev–Trinajstić information content (AvgIpc) is 2.62. The summed E-state index contributed by atoms with van der Waals surface area (Å²) in [4.78, 5) is 12.8. The Morgan fingerprint density at radius 3 is 2.64 bits per heavy atom. The fourth-order valence-electron chi connectivity index (χ4n) is 2.78. The van der Waals surface area contributed by atoms with Gasteiger partial charge in [0.15, 0.2) is 11.5 Å². The van der Waals surface area contributed by atoms with Crippen molar-refractivity contribution in [1.82, 2.24) is 15.0 Å². The van der Waals surface area contributed by atoms with Crippen LogP contribution < -0.4 is 20.9 Å². The number of nitrogens with two attached hydrogens (primary N) is 2. The second-order valence-electron chi connectivity index (χ2n) is 5.30. The van der Waals surface area contributed by atoms with Gasteiger partial charge in [0, 0.05) is 23.6 Å². The summed E-state index contributed by atoms with van der Waals surface area (Å²) in [5.74, 6) is 1.77. The largest absolute Gasteiger partial charge is 0.493 e. The molecule has 8 heteroatoms. The quantitative estimate of drug-likeness (QED) is 0.529. The molecule has 0 fully saturated rings. The number of methoxy groups -OCH3 is 2. The van der Waals surface area contributed by atoms with Gasteiger partial charge in [0.2, 0.25) is 5.95 Å². The average molecular weight is 357 g/mol. The Hall–Kier alpha value is -2.74. The first-order chi connectivity index (χ1) is 12.1. The van der Waals surface area contributed by atoms with E-state index in [0.717, 1.165) is 27.1 Å². The van der Waals surface area contributed by atoms with Gasteiger partial charge in [0.25, 0.3) is 0 Å². The number of aromatic nitrogens is 3. The van der Waals surface area contributed by atoms with Crippen LogP contribution in [0.5, 0.6) is 11.5 Å². The van der Waals surface area contributed by atoms with Gasteiger partial charge in [-0.05, 0) is 24.0 Å². The minimum absolute atomic E-state index is 0.171. The predicted molar refractivity (Wildman–Crippen MR) is 100 cm³/mol. The summed E-state index contributed by atoms with van der Waals surface area (Å²) >= 11 is 1.48. The van der Waals surface area contributed by atoms with Gasteiger partial charge in [-0.3, -0.25) is 4.98 Å². The summed E-state index contributed by atoms with van der Waals surface area (Å²) in [6, 6.07) is 5.81. The van der Waals surface area contributed by atoms with Crippen molar-refractivity contribution in [2.45, 2.75) is 11.4 Å². The summed E-state index contributed by atoms with van der Waals surface area (Å²) in [5.41, 5.74) is 14.4. The van der Waals surface area contributed by atoms with Gasteiger partial charge in [-0.2, -0.15) is 4.98 Å². The lowest BCUT2D eigenvalue weighted by Crippen LogP contribution is -2.07. The van der Waals surface area contributed by atoms with Crippen LogP contribution in [-0.4, -0.2) is 35.4 Å². The van der Waals surface area contributed by atoms with Gasteiger partial charge >= 0.3 is 0 Å². The van der Waals surface area contributed by atoms with Gasteiger partial charge in [0.1, 0.15) is 16.4 Å². The number of benzene rings is 1. The summed E-state index contributed by atoms with van der Waals surface area (Å²) in [6.45, 7) is 0. The van der Waals surface area contributed by atoms with Gasteiger partial charge in [-0.15, -0.1) is 11.8 Å². The highest BCUT2D eigenvalue weighted by atomic mass is 32.2. The van der Waals surface area contributed by atoms with E-state index in [2.05, 4.69) is 15.0 Å². The maximum atomic E-state index is 6.10. The summed E-state index contributed by atoms with van der Waals surface area (Å²) < 4.78 is 11.0. The highest BCUT2D eigenvalue weighted by Crippen LogP contribution is 2.38. The van der Waals surface area contributed by atoms with Crippen molar-refractivity contribution in [3.63, 3.8) is 0 Å². The number of ether oxygens (including phenoxy) is 2. The summed E-state index contributed by atoms with van der Waals surface area (Å²) in [5, 5.41) is 1.72. The lowest BCUT2D eigenvalue weighted by atomic mass is 10.0. The van der Waals surface area contributed by atoms with Crippen LogP contribution in [0, 0.1) is 0 Å². The highest BCUT2D eigenvalue weighted by Gasteiger charge is 2.18. The van der Waals surface area contributed by atoms with Crippen molar-refractivity contribution in [3.8, 4) is 11.5 Å². The van der Waals surface area contributed by atoms with Crippen molar-refractivity contribution < 1.29 is 9.47 Å². The number of fused-ring (bicyclic) bond motifs is 1. The van der Waals surface area contributed by atoms with Gasteiger partial charge < -0.3 is 20.9 Å². The maximum absolute atomic E-state index is 6.10. The molecule has 0 unspecified atom stereocenters. The topological polar surface area (TPSA) is 109 Å². The van der Waals surface area contributed by atoms with Crippen molar-refractivity contribution in [2.24, 2.45) is 0 Å². The third-order valence-corrected chi connectivity index (χ3v) is 4.63. The number of hydrogen-bond acceptors (Lipinski definition) is 8. The van der Waals surface area contributed by atoms with Gasteiger partial charge in [0.05, 0.1) is 14.2 Å². The highest BCUT2D eigenvalue weighted by molar-refractivity contribution is 7.98. The minimum atomic E-state index is 0.171. The van der Waals surface area contributed by atoms with Crippen LogP contribution in [0.4, 0.5) is 11.8 Å². The molecule has 0 aliphatic heterocycles. The van der Waals surface area contributed by atoms with Crippen LogP contribution in [0.2, 0.25) is 0 Å². The maximum Gasteiger partial charge on any atom is 0.223 e. The van der Waals surface area contributed by atoms with E-state index in [-0.39, 0.29) is 5.95 Å². The monoisotopic (exact) mass is 357 g/mol. The molecule has 0 saturated carbocycles. The molecule has 1 aromatic carbocycles.